The number of aryl methyl sites for hydroxylation is 1. The summed E-state index contributed by atoms with van der Waals surface area (Å²) in [5.41, 5.74) is 2.72. The Morgan fingerprint density at radius 2 is 1.72 bits per heavy atom. The Morgan fingerprint density at radius 1 is 1.07 bits per heavy atom. The average Bonchev–Trinajstić information content (AvgIpc) is 3.01. The number of ether oxygens (including phenoxy) is 1. The third-order valence-corrected chi connectivity index (χ3v) is 4.33. The number of Topliss-reactive ketones (excluding diaryl/α,β-unsaturated/α-hetero) is 1. The first-order valence-corrected chi connectivity index (χ1v) is 8.84. The van der Waals surface area contributed by atoms with Crippen molar-refractivity contribution in [2.45, 2.75) is 27.0 Å². The Bertz CT molecular complexity index is 1020. The number of hydrogen-bond acceptors (Lipinski definition) is 4. The molecule has 0 unspecified atom stereocenters. The highest BCUT2D eigenvalue weighted by Gasteiger charge is 2.24. The van der Waals surface area contributed by atoms with E-state index in [1.807, 2.05) is 30.3 Å². The summed E-state index contributed by atoms with van der Waals surface area (Å²) in [6.45, 7) is 0.579. The number of para-hydroxylation sites is 1. The molecular formula is C21H19F2N3O3. The molecule has 0 atom stereocenters. The summed E-state index contributed by atoms with van der Waals surface area (Å²) in [4.78, 5) is 25.0. The van der Waals surface area contributed by atoms with Crippen molar-refractivity contribution >= 4 is 11.7 Å². The van der Waals surface area contributed by atoms with E-state index < -0.39 is 18.3 Å². The fourth-order valence-electron chi connectivity index (χ4n) is 2.96. The minimum atomic E-state index is -2.90. The summed E-state index contributed by atoms with van der Waals surface area (Å²) in [5.74, 6) is -1.43. The van der Waals surface area contributed by atoms with Gasteiger partial charge in [-0.05, 0) is 43.7 Å². The van der Waals surface area contributed by atoms with Crippen molar-refractivity contribution in [2.75, 3.05) is 0 Å². The van der Waals surface area contributed by atoms with Crippen molar-refractivity contribution in [3.63, 3.8) is 0 Å². The molecule has 0 aliphatic heterocycles. The van der Waals surface area contributed by atoms with Gasteiger partial charge < -0.3 is 10.1 Å². The monoisotopic (exact) mass is 399 g/mol. The van der Waals surface area contributed by atoms with E-state index in [1.165, 1.54) is 24.3 Å². The predicted octanol–water partition coefficient (Wildman–Crippen LogP) is 3.59. The van der Waals surface area contributed by atoms with Crippen molar-refractivity contribution < 1.29 is 23.1 Å². The van der Waals surface area contributed by atoms with Gasteiger partial charge >= 0.3 is 6.61 Å². The zero-order valence-electron chi connectivity index (χ0n) is 15.9. The van der Waals surface area contributed by atoms with E-state index in [1.54, 1.807) is 18.5 Å². The zero-order valence-corrected chi connectivity index (χ0v) is 15.9. The molecular weight excluding hydrogens is 380 g/mol. The first-order chi connectivity index (χ1) is 13.9. The summed E-state index contributed by atoms with van der Waals surface area (Å²) in [5, 5.41) is 6.92. The van der Waals surface area contributed by atoms with Crippen LogP contribution in [0.1, 0.15) is 27.3 Å². The fourth-order valence-corrected chi connectivity index (χ4v) is 2.96. The molecule has 0 aliphatic rings. The smallest absolute Gasteiger partial charge is 0.387 e. The molecule has 0 fully saturated rings. The Morgan fingerprint density at radius 3 is 2.34 bits per heavy atom. The molecule has 6 nitrogen and oxygen atoms in total. The molecule has 0 aliphatic carbocycles. The predicted molar refractivity (Wildman–Crippen MR) is 102 cm³/mol. The number of nitrogens with one attached hydrogen (secondary N) is 1. The molecule has 1 heterocycles. The van der Waals surface area contributed by atoms with E-state index in [2.05, 4.69) is 15.2 Å². The lowest BCUT2D eigenvalue weighted by molar-refractivity contribution is -0.117. The van der Waals surface area contributed by atoms with E-state index in [9.17, 15) is 18.4 Å². The molecule has 2 aromatic carbocycles. The standard InChI is InChI=1S/C21H19F2N3O3/c1-13-18(14(2)26(25-13)16-6-4-3-5-7-16)19(27)20(28)24-12-15-8-10-17(11-9-15)29-21(22)23/h3-11,21H,12H2,1-2H3,(H,24,28). The largest absolute Gasteiger partial charge is 0.435 e. The summed E-state index contributed by atoms with van der Waals surface area (Å²) < 4.78 is 30.2. The van der Waals surface area contributed by atoms with Crippen LogP contribution < -0.4 is 10.1 Å². The van der Waals surface area contributed by atoms with Gasteiger partial charge in [-0.2, -0.15) is 13.9 Å². The maximum atomic E-state index is 12.7. The molecule has 0 saturated carbocycles. The van der Waals surface area contributed by atoms with Crippen LogP contribution in [0, 0.1) is 13.8 Å². The van der Waals surface area contributed by atoms with Crippen molar-refractivity contribution in [1.29, 1.82) is 0 Å². The lowest BCUT2D eigenvalue weighted by Gasteiger charge is -2.08. The molecule has 150 valence electrons. The number of rotatable bonds is 7. The first kappa shape index (κ1) is 20.2. The van der Waals surface area contributed by atoms with Crippen molar-refractivity contribution in [3.8, 4) is 11.4 Å². The van der Waals surface area contributed by atoms with E-state index in [-0.39, 0.29) is 17.9 Å². The number of alkyl halides is 2. The summed E-state index contributed by atoms with van der Waals surface area (Å²) >= 11 is 0. The van der Waals surface area contributed by atoms with Crippen LogP contribution in [0.4, 0.5) is 8.78 Å². The SMILES string of the molecule is Cc1nn(-c2ccccc2)c(C)c1C(=O)C(=O)NCc1ccc(OC(F)F)cc1. The van der Waals surface area contributed by atoms with Gasteiger partial charge in [0.2, 0.25) is 0 Å². The molecule has 1 N–H and O–H groups in total. The van der Waals surface area contributed by atoms with Gasteiger partial charge in [-0.3, -0.25) is 9.59 Å². The molecule has 0 saturated heterocycles. The van der Waals surface area contributed by atoms with Crippen LogP contribution in [0.25, 0.3) is 5.69 Å². The van der Waals surface area contributed by atoms with Crippen molar-refractivity contribution in [2.24, 2.45) is 0 Å². The second kappa shape index (κ2) is 8.64. The first-order valence-electron chi connectivity index (χ1n) is 8.84. The van der Waals surface area contributed by atoms with E-state index >= 15 is 0 Å². The minimum absolute atomic E-state index is 0.0192. The second-order valence-corrected chi connectivity index (χ2v) is 6.33. The van der Waals surface area contributed by atoms with Crippen LogP contribution in [0.5, 0.6) is 5.75 Å². The normalized spacial score (nSPS) is 10.8. The van der Waals surface area contributed by atoms with Crippen LogP contribution >= 0.6 is 0 Å². The van der Waals surface area contributed by atoms with Crippen LogP contribution in [-0.4, -0.2) is 28.1 Å². The molecule has 29 heavy (non-hydrogen) atoms. The molecule has 1 aromatic heterocycles. The number of carbonyl (C=O) groups excluding carboxylic acids is 2. The minimum Gasteiger partial charge on any atom is -0.435 e. The van der Waals surface area contributed by atoms with Gasteiger partial charge in [-0.1, -0.05) is 30.3 Å². The maximum Gasteiger partial charge on any atom is 0.387 e. The van der Waals surface area contributed by atoms with Gasteiger partial charge in [0.25, 0.3) is 11.7 Å². The van der Waals surface area contributed by atoms with Gasteiger partial charge in [0.15, 0.2) is 0 Å². The Kier molecular flexibility index (Phi) is 6.01. The van der Waals surface area contributed by atoms with Gasteiger partial charge in [0.1, 0.15) is 5.75 Å². The topological polar surface area (TPSA) is 73.2 Å². The number of ketones is 1. The third-order valence-electron chi connectivity index (χ3n) is 4.33. The molecule has 0 radical (unpaired) electrons. The molecule has 0 spiro atoms. The third kappa shape index (κ3) is 4.66. The quantitative estimate of drug-likeness (QED) is 0.487. The Labute approximate surface area is 166 Å². The van der Waals surface area contributed by atoms with Crippen LogP contribution in [0.3, 0.4) is 0 Å². The molecule has 3 rings (SSSR count). The summed E-state index contributed by atoms with van der Waals surface area (Å²) in [6.07, 6.45) is 0. The van der Waals surface area contributed by atoms with Crippen LogP contribution in [-0.2, 0) is 11.3 Å². The van der Waals surface area contributed by atoms with Crippen molar-refractivity contribution in [3.05, 3.63) is 77.1 Å². The molecule has 8 heteroatoms. The number of nitrogens with zero attached hydrogens (tertiary/aromatic N) is 2. The lowest BCUT2D eigenvalue weighted by Crippen LogP contribution is -2.31. The summed E-state index contributed by atoms with van der Waals surface area (Å²) in [7, 11) is 0. The Hall–Kier alpha value is -3.55. The van der Waals surface area contributed by atoms with E-state index in [0.717, 1.165) is 5.69 Å². The summed E-state index contributed by atoms with van der Waals surface area (Å²) in [6, 6.07) is 15.1. The van der Waals surface area contributed by atoms with E-state index in [0.29, 0.717) is 17.0 Å². The zero-order chi connectivity index (χ0) is 21.0. The number of carbonyl (C=O) groups is 2. The van der Waals surface area contributed by atoms with Gasteiger partial charge in [0, 0.05) is 6.54 Å². The fraction of sp³-hybridized carbons (Fsp3) is 0.190. The number of hydrogen-bond donors (Lipinski definition) is 1. The number of halogens is 2. The molecule has 1 amide bonds. The van der Waals surface area contributed by atoms with Gasteiger partial charge in [-0.25, -0.2) is 4.68 Å². The highest BCUT2D eigenvalue weighted by molar-refractivity contribution is 6.43. The Balaban J connectivity index is 1.69. The highest BCUT2D eigenvalue weighted by atomic mass is 19.3. The lowest BCUT2D eigenvalue weighted by atomic mass is 10.1. The van der Waals surface area contributed by atoms with Crippen LogP contribution in [0.2, 0.25) is 0 Å². The molecule has 0 bridgehead atoms. The van der Waals surface area contributed by atoms with Crippen LogP contribution in [0.15, 0.2) is 54.6 Å². The van der Waals surface area contributed by atoms with Gasteiger partial charge in [-0.15, -0.1) is 0 Å². The number of aromatic nitrogens is 2. The number of amides is 1. The number of benzene rings is 2. The van der Waals surface area contributed by atoms with Gasteiger partial charge in [0.05, 0.1) is 22.6 Å². The van der Waals surface area contributed by atoms with Crippen molar-refractivity contribution in [1.82, 2.24) is 15.1 Å². The highest BCUT2D eigenvalue weighted by Crippen LogP contribution is 2.19. The van der Waals surface area contributed by atoms with E-state index in [4.69, 9.17) is 0 Å². The average molecular weight is 399 g/mol. The molecule has 3 aromatic rings. The second-order valence-electron chi connectivity index (χ2n) is 6.33. The maximum absolute atomic E-state index is 12.7.